The van der Waals surface area contributed by atoms with Crippen LogP contribution in [0.1, 0.15) is 39.1 Å². The second-order valence-electron chi connectivity index (χ2n) is 7.27. The average molecular weight is 397 g/mol. The number of halogens is 1. The molecule has 0 radical (unpaired) electrons. The molecule has 2 aliphatic rings. The molecule has 1 saturated carbocycles. The number of hydrogen-bond acceptors (Lipinski definition) is 3. The summed E-state index contributed by atoms with van der Waals surface area (Å²) in [7, 11) is 0. The Morgan fingerprint density at radius 2 is 1.36 bits per heavy atom. The van der Waals surface area contributed by atoms with Crippen molar-refractivity contribution in [1.82, 2.24) is 9.80 Å². The minimum Gasteiger partial charge on any atom is -0.339 e. The van der Waals surface area contributed by atoms with Crippen molar-refractivity contribution < 1.29 is 14.4 Å². The number of carbonyl (C=O) groups excluding carboxylic acids is 3. The smallest absolute Gasteiger partial charge is 0.254 e. The lowest BCUT2D eigenvalue weighted by Gasteiger charge is -2.35. The summed E-state index contributed by atoms with van der Waals surface area (Å²) in [6, 6.07) is 13.5. The van der Waals surface area contributed by atoms with E-state index in [2.05, 4.69) is 0 Å². The van der Waals surface area contributed by atoms with Crippen molar-refractivity contribution >= 4 is 29.2 Å². The minimum atomic E-state index is -0.205. The Balaban J connectivity index is 1.50. The molecule has 0 bridgehead atoms. The first-order chi connectivity index (χ1) is 13.5. The highest BCUT2D eigenvalue weighted by Crippen LogP contribution is 2.31. The highest BCUT2D eigenvalue weighted by Gasteiger charge is 2.35. The van der Waals surface area contributed by atoms with Crippen LogP contribution in [0.5, 0.6) is 0 Å². The van der Waals surface area contributed by atoms with Crippen molar-refractivity contribution in [2.24, 2.45) is 5.92 Å². The van der Waals surface area contributed by atoms with E-state index in [1.165, 1.54) is 0 Å². The second kappa shape index (κ2) is 7.76. The first-order valence-electron chi connectivity index (χ1n) is 9.52. The van der Waals surface area contributed by atoms with Gasteiger partial charge in [-0.15, -0.1) is 0 Å². The number of benzene rings is 2. The molecule has 1 saturated heterocycles. The van der Waals surface area contributed by atoms with Crippen molar-refractivity contribution in [1.29, 1.82) is 0 Å². The maximum Gasteiger partial charge on any atom is 0.254 e. The van der Waals surface area contributed by atoms with Crippen LogP contribution in [-0.2, 0) is 4.79 Å². The molecule has 1 aliphatic heterocycles. The number of carbonyl (C=O) groups is 3. The van der Waals surface area contributed by atoms with Crippen molar-refractivity contribution in [3.05, 3.63) is 70.2 Å². The zero-order valence-electron chi connectivity index (χ0n) is 15.4. The molecule has 2 fully saturated rings. The fraction of sp³-hybridized carbons (Fsp3) is 0.318. The first kappa shape index (κ1) is 18.7. The lowest BCUT2D eigenvalue weighted by atomic mass is 9.97. The lowest BCUT2D eigenvalue weighted by molar-refractivity contribution is -0.134. The molecule has 28 heavy (non-hydrogen) atoms. The van der Waals surface area contributed by atoms with E-state index in [4.69, 9.17) is 11.6 Å². The van der Waals surface area contributed by atoms with E-state index < -0.39 is 0 Å². The molecule has 144 valence electrons. The molecular weight excluding hydrogens is 376 g/mol. The average Bonchev–Trinajstić information content (AvgIpc) is 3.58. The zero-order chi connectivity index (χ0) is 19.7. The van der Waals surface area contributed by atoms with Crippen molar-refractivity contribution in [2.75, 3.05) is 26.2 Å². The summed E-state index contributed by atoms with van der Waals surface area (Å²) < 4.78 is 0. The molecular formula is C22H21ClN2O3. The van der Waals surface area contributed by atoms with Crippen LogP contribution < -0.4 is 0 Å². The molecule has 0 N–H and O–H groups in total. The SMILES string of the molecule is O=C(c1ccc(Cl)cc1)c1ccccc1C(=O)N1CCN(C(=O)C2CC2)CC1. The summed E-state index contributed by atoms with van der Waals surface area (Å²) in [6.07, 6.45) is 1.97. The Morgan fingerprint density at radius 3 is 1.96 bits per heavy atom. The van der Waals surface area contributed by atoms with Gasteiger partial charge in [0, 0.05) is 48.2 Å². The van der Waals surface area contributed by atoms with Gasteiger partial charge in [-0.05, 0) is 43.2 Å². The molecule has 1 heterocycles. The normalized spacial score (nSPS) is 16.8. The minimum absolute atomic E-state index is 0.170. The zero-order valence-corrected chi connectivity index (χ0v) is 16.2. The van der Waals surface area contributed by atoms with Gasteiger partial charge in [0.1, 0.15) is 0 Å². The predicted octanol–water partition coefficient (Wildman–Crippen LogP) is 3.27. The monoisotopic (exact) mass is 396 g/mol. The van der Waals surface area contributed by atoms with Crippen molar-refractivity contribution in [3.63, 3.8) is 0 Å². The molecule has 0 aromatic heterocycles. The number of nitrogens with zero attached hydrogens (tertiary/aromatic N) is 2. The van der Waals surface area contributed by atoms with E-state index in [9.17, 15) is 14.4 Å². The summed E-state index contributed by atoms with van der Waals surface area (Å²) in [5.41, 5.74) is 1.26. The Labute approximate surface area is 168 Å². The van der Waals surface area contributed by atoms with E-state index >= 15 is 0 Å². The lowest BCUT2D eigenvalue weighted by Crippen LogP contribution is -2.51. The standard InChI is InChI=1S/C22H21ClN2O3/c23-17-9-7-15(8-10-17)20(26)18-3-1-2-4-19(18)22(28)25-13-11-24(12-14-25)21(27)16-5-6-16/h1-4,7-10,16H,5-6,11-14H2. The van der Waals surface area contributed by atoms with Crippen molar-refractivity contribution in [3.8, 4) is 0 Å². The van der Waals surface area contributed by atoms with E-state index in [1.54, 1.807) is 53.4 Å². The van der Waals surface area contributed by atoms with Gasteiger partial charge in [-0.1, -0.05) is 29.8 Å². The third-order valence-corrected chi connectivity index (χ3v) is 5.57. The van der Waals surface area contributed by atoms with Gasteiger partial charge in [0.25, 0.3) is 5.91 Å². The molecule has 4 rings (SSSR count). The van der Waals surface area contributed by atoms with Crippen LogP contribution in [-0.4, -0.2) is 53.6 Å². The molecule has 2 aromatic carbocycles. The van der Waals surface area contributed by atoms with Crippen molar-refractivity contribution in [2.45, 2.75) is 12.8 Å². The summed E-state index contributed by atoms with van der Waals surface area (Å²) in [6.45, 7) is 2.07. The molecule has 1 aliphatic carbocycles. The van der Waals surface area contributed by atoms with Crippen LogP contribution in [0.3, 0.4) is 0 Å². The maximum absolute atomic E-state index is 13.1. The largest absolute Gasteiger partial charge is 0.339 e. The van der Waals surface area contributed by atoms with E-state index in [0.717, 1.165) is 12.8 Å². The third kappa shape index (κ3) is 3.80. The van der Waals surface area contributed by atoms with E-state index in [1.807, 2.05) is 4.90 Å². The van der Waals surface area contributed by atoms with Gasteiger partial charge < -0.3 is 9.80 Å². The fourth-order valence-electron chi connectivity index (χ4n) is 3.51. The Hall–Kier alpha value is -2.66. The van der Waals surface area contributed by atoms with Crippen LogP contribution >= 0.6 is 11.6 Å². The molecule has 0 unspecified atom stereocenters. The molecule has 0 spiro atoms. The van der Waals surface area contributed by atoms with Crippen LogP contribution in [0.25, 0.3) is 0 Å². The van der Waals surface area contributed by atoms with Crippen LogP contribution in [0.15, 0.2) is 48.5 Å². The summed E-state index contributed by atoms with van der Waals surface area (Å²) in [5, 5.41) is 0.555. The number of rotatable bonds is 4. The quantitative estimate of drug-likeness (QED) is 0.745. The Morgan fingerprint density at radius 1 is 0.786 bits per heavy atom. The van der Waals surface area contributed by atoms with Gasteiger partial charge in [0.2, 0.25) is 5.91 Å². The maximum atomic E-state index is 13.1. The summed E-state index contributed by atoms with van der Waals surface area (Å²) in [4.78, 5) is 41.8. The first-order valence-corrected chi connectivity index (χ1v) is 9.90. The topological polar surface area (TPSA) is 57.7 Å². The third-order valence-electron chi connectivity index (χ3n) is 5.31. The van der Waals surface area contributed by atoms with E-state index in [0.29, 0.717) is 47.9 Å². The highest BCUT2D eigenvalue weighted by molar-refractivity contribution is 6.30. The van der Waals surface area contributed by atoms with Gasteiger partial charge in [0.05, 0.1) is 5.56 Å². The van der Waals surface area contributed by atoms with Gasteiger partial charge in [-0.2, -0.15) is 0 Å². The molecule has 6 heteroatoms. The van der Waals surface area contributed by atoms with Crippen LogP contribution in [0.4, 0.5) is 0 Å². The Kier molecular flexibility index (Phi) is 5.18. The van der Waals surface area contributed by atoms with Gasteiger partial charge in [-0.3, -0.25) is 14.4 Å². The van der Waals surface area contributed by atoms with Gasteiger partial charge in [0.15, 0.2) is 5.78 Å². The predicted molar refractivity (Wildman–Crippen MR) is 107 cm³/mol. The molecule has 5 nitrogen and oxygen atoms in total. The molecule has 2 aromatic rings. The number of amides is 2. The van der Waals surface area contributed by atoms with Gasteiger partial charge in [-0.25, -0.2) is 0 Å². The number of hydrogen-bond donors (Lipinski definition) is 0. The van der Waals surface area contributed by atoms with Crippen LogP contribution in [0, 0.1) is 5.92 Å². The van der Waals surface area contributed by atoms with Gasteiger partial charge >= 0.3 is 0 Å². The highest BCUT2D eigenvalue weighted by atomic mass is 35.5. The Bertz CT molecular complexity index is 914. The van der Waals surface area contributed by atoms with E-state index in [-0.39, 0.29) is 23.5 Å². The summed E-state index contributed by atoms with van der Waals surface area (Å²) >= 11 is 5.90. The number of piperazine rings is 1. The number of ketones is 1. The molecule has 0 atom stereocenters. The second-order valence-corrected chi connectivity index (χ2v) is 7.71. The van der Waals surface area contributed by atoms with Crippen LogP contribution in [0.2, 0.25) is 5.02 Å². The fourth-order valence-corrected chi connectivity index (χ4v) is 3.64. The molecule has 2 amide bonds. The summed E-state index contributed by atoms with van der Waals surface area (Å²) in [5.74, 6) is 0.0324.